The van der Waals surface area contributed by atoms with E-state index < -0.39 is 10.0 Å². The molecule has 2 aromatic carbocycles. The number of likely N-dealkylation sites (tertiary alicyclic amines) is 1. The van der Waals surface area contributed by atoms with Crippen LogP contribution in [0.25, 0.3) is 0 Å². The van der Waals surface area contributed by atoms with Crippen molar-refractivity contribution in [1.29, 1.82) is 0 Å². The van der Waals surface area contributed by atoms with E-state index in [1.54, 1.807) is 24.3 Å². The van der Waals surface area contributed by atoms with Gasteiger partial charge in [-0.25, -0.2) is 13.1 Å². The molecule has 1 aliphatic rings. The van der Waals surface area contributed by atoms with E-state index in [2.05, 4.69) is 42.5 Å². The van der Waals surface area contributed by atoms with Gasteiger partial charge in [-0.3, -0.25) is 4.90 Å². The predicted octanol–water partition coefficient (Wildman–Crippen LogP) is 3.81. The van der Waals surface area contributed by atoms with Gasteiger partial charge in [-0.1, -0.05) is 57.2 Å². The van der Waals surface area contributed by atoms with Gasteiger partial charge in [-0.05, 0) is 55.1 Å². The minimum absolute atomic E-state index is 0.0148. The molecule has 6 heteroatoms. The van der Waals surface area contributed by atoms with Crippen LogP contribution in [0.4, 0.5) is 0 Å². The average Bonchev–Trinajstić information content (AvgIpc) is 2.69. The smallest absolute Gasteiger partial charge is 0.240 e. The quantitative estimate of drug-likeness (QED) is 0.746. The average molecular weight is 417 g/mol. The minimum atomic E-state index is -3.44. The Balaban J connectivity index is 1.45. The maximum Gasteiger partial charge on any atom is 0.240 e. The summed E-state index contributed by atoms with van der Waals surface area (Å²) < 4.78 is 33.9. The molecule has 0 aromatic heterocycles. The summed E-state index contributed by atoms with van der Waals surface area (Å²) in [6.45, 7) is 9.78. The number of hydrogen-bond acceptors (Lipinski definition) is 4. The van der Waals surface area contributed by atoms with Gasteiger partial charge in [0.05, 0.1) is 4.90 Å². The number of nitrogens with zero attached hydrogens (tertiary/aromatic N) is 1. The molecule has 158 valence electrons. The van der Waals surface area contributed by atoms with Crippen LogP contribution in [-0.4, -0.2) is 45.6 Å². The van der Waals surface area contributed by atoms with Crippen molar-refractivity contribution >= 4 is 10.0 Å². The first-order valence-electron chi connectivity index (χ1n) is 10.3. The Bertz CT molecular complexity index is 884. The van der Waals surface area contributed by atoms with Gasteiger partial charge in [0.2, 0.25) is 10.0 Å². The van der Waals surface area contributed by atoms with Crippen molar-refractivity contribution in [3.8, 4) is 5.75 Å². The summed E-state index contributed by atoms with van der Waals surface area (Å²) in [6, 6.07) is 16.8. The fourth-order valence-electron chi connectivity index (χ4n) is 3.66. The predicted molar refractivity (Wildman–Crippen MR) is 117 cm³/mol. The molecule has 5 nitrogen and oxygen atoms in total. The second-order valence-corrected chi connectivity index (χ2v) is 10.4. The van der Waals surface area contributed by atoms with Crippen LogP contribution in [0, 0.1) is 0 Å². The Kier molecular flexibility index (Phi) is 6.98. The number of ether oxygens (including phenoxy) is 1. The van der Waals surface area contributed by atoms with Gasteiger partial charge in [0.15, 0.2) is 0 Å². The van der Waals surface area contributed by atoms with Crippen LogP contribution in [0.15, 0.2) is 59.5 Å². The van der Waals surface area contributed by atoms with Gasteiger partial charge in [0.25, 0.3) is 0 Å². The highest BCUT2D eigenvalue weighted by Crippen LogP contribution is 2.30. The van der Waals surface area contributed by atoms with Crippen LogP contribution < -0.4 is 9.46 Å². The molecule has 0 spiro atoms. The molecule has 1 N–H and O–H groups in total. The maximum absolute atomic E-state index is 12.5. The number of nitrogens with one attached hydrogen (secondary N) is 1. The van der Waals surface area contributed by atoms with Crippen LogP contribution >= 0.6 is 0 Å². The van der Waals surface area contributed by atoms with E-state index in [-0.39, 0.29) is 11.5 Å². The van der Waals surface area contributed by atoms with Crippen molar-refractivity contribution in [2.75, 3.05) is 26.2 Å². The lowest BCUT2D eigenvalue weighted by Gasteiger charge is -2.32. The second kappa shape index (κ2) is 9.28. The van der Waals surface area contributed by atoms with E-state index >= 15 is 0 Å². The molecular weight excluding hydrogens is 384 g/mol. The van der Waals surface area contributed by atoms with E-state index in [9.17, 15) is 8.42 Å². The SMILES string of the molecule is CC(C)(C)c1ccccc1OCCN1CCC(NS(=O)(=O)c2ccccc2)CC1. The highest BCUT2D eigenvalue weighted by molar-refractivity contribution is 7.89. The number of benzene rings is 2. The van der Waals surface area contributed by atoms with Crippen LogP contribution in [0.1, 0.15) is 39.2 Å². The van der Waals surface area contributed by atoms with Gasteiger partial charge < -0.3 is 4.74 Å². The Morgan fingerprint density at radius 3 is 2.28 bits per heavy atom. The third-order valence-electron chi connectivity index (χ3n) is 5.32. The largest absolute Gasteiger partial charge is 0.492 e. The summed E-state index contributed by atoms with van der Waals surface area (Å²) in [4.78, 5) is 2.67. The lowest BCUT2D eigenvalue weighted by Crippen LogP contribution is -2.45. The third-order valence-corrected chi connectivity index (χ3v) is 6.86. The zero-order valence-electron chi connectivity index (χ0n) is 17.6. The van der Waals surface area contributed by atoms with Crippen LogP contribution in [0.3, 0.4) is 0 Å². The molecule has 1 aliphatic heterocycles. The third kappa shape index (κ3) is 6.04. The number of piperidine rings is 1. The molecule has 1 fully saturated rings. The highest BCUT2D eigenvalue weighted by Gasteiger charge is 2.24. The van der Waals surface area contributed by atoms with Crippen molar-refractivity contribution in [3.63, 3.8) is 0 Å². The van der Waals surface area contributed by atoms with Crippen molar-refractivity contribution < 1.29 is 13.2 Å². The minimum Gasteiger partial charge on any atom is -0.492 e. The summed E-state index contributed by atoms with van der Waals surface area (Å²) in [7, 11) is -3.44. The van der Waals surface area contributed by atoms with Gasteiger partial charge in [0, 0.05) is 12.6 Å². The molecule has 0 saturated carbocycles. The Hall–Kier alpha value is -1.89. The van der Waals surface area contributed by atoms with Crippen LogP contribution in [-0.2, 0) is 15.4 Å². The van der Waals surface area contributed by atoms with Crippen LogP contribution in [0.5, 0.6) is 5.75 Å². The van der Waals surface area contributed by atoms with Gasteiger partial charge in [0.1, 0.15) is 12.4 Å². The van der Waals surface area contributed by atoms with Gasteiger partial charge >= 0.3 is 0 Å². The Labute approximate surface area is 175 Å². The lowest BCUT2D eigenvalue weighted by molar-refractivity contribution is 0.169. The zero-order chi connectivity index (χ0) is 20.9. The summed E-state index contributed by atoms with van der Waals surface area (Å²) in [5, 5.41) is 0. The molecule has 0 amide bonds. The van der Waals surface area contributed by atoms with Gasteiger partial charge in [-0.15, -0.1) is 0 Å². The Morgan fingerprint density at radius 1 is 1.00 bits per heavy atom. The van der Waals surface area contributed by atoms with Crippen LogP contribution in [0.2, 0.25) is 0 Å². The lowest BCUT2D eigenvalue weighted by atomic mass is 9.86. The molecule has 0 aliphatic carbocycles. The zero-order valence-corrected chi connectivity index (χ0v) is 18.4. The highest BCUT2D eigenvalue weighted by atomic mass is 32.2. The van der Waals surface area contributed by atoms with E-state index in [1.807, 2.05) is 18.2 Å². The topological polar surface area (TPSA) is 58.6 Å². The second-order valence-electron chi connectivity index (χ2n) is 8.64. The molecule has 0 bridgehead atoms. The number of para-hydroxylation sites is 1. The molecule has 2 aromatic rings. The van der Waals surface area contributed by atoms with E-state index in [0.717, 1.165) is 38.2 Å². The molecule has 1 heterocycles. The summed E-state index contributed by atoms with van der Waals surface area (Å²) in [5.41, 5.74) is 1.26. The summed E-state index contributed by atoms with van der Waals surface area (Å²) >= 11 is 0. The van der Waals surface area contributed by atoms with E-state index in [4.69, 9.17) is 4.74 Å². The fourth-order valence-corrected chi connectivity index (χ4v) is 4.98. The van der Waals surface area contributed by atoms with E-state index in [1.165, 1.54) is 5.56 Å². The van der Waals surface area contributed by atoms with Crippen molar-refractivity contribution in [1.82, 2.24) is 9.62 Å². The number of hydrogen-bond donors (Lipinski definition) is 1. The normalized spacial score (nSPS) is 16.7. The standard InChI is InChI=1S/C23H32N2O3S/c1-23(2,3)21-11-7-8-12-22(21)28-18-17-25-15-13-19(14-16-25)24-29(26,27)20-9-5-4-6-10-20/h4-12,19,24H,13-18H2,1-3H3. The molecule has 0 unspecified atom stereocenters. The molecule has 3 rings (SSSR count). The maximum atomic E-state index is 12.5. The molecule has 1 saturated heterocycles. The molecule has 29 heavy (non-hydrogen) atoms. The summed E-state index contributed by atoms with van der Waals surface area (Å²) in [5.74, 6) is 0.950. The molecule has 0 radical (unpaired) electrons. The monoisotopic (exact) mass is 416 g/mol. The fraction of sp³-hybridized carbons (Fsp3) is 0.478. The first-order chi connectivity index (χ1) is 13.8. The van der Waals surface area contributed by atoms with Gasteiger partial charge in [-0.2, -0.15) is 0 Å². The Morgan fingerprint density at radius 2 is 1.62 bits per heavy atom. The first-order valence-corrected chi connectivity index (χ1v) is 11.8. The first kappa shape index (κ1) is 21.8. The van der Waals surface area contributed by atoms with Crippen molar-refractivity contribution in [2.45, 2.75) is 50.0 Å². The molecular formula is C23H32N2O3S. The van der Waals surface area contributed by atoms with Crippen molar-refractivity contribution in [2.24, 2.45) is 0 Å². The van der Waals surface area contributed by atoms with Crippen molar-refractivity contribution in [3.05, 3.63) is 60.2 Å². The van der Waals surface area contributed by atoms with E-state index in [0.29, 0.717) is 11.5 Å². The number of rotatable bonds is 7. The number of sulfonamides is 1. The summed E-state index contributed by atoms with van der Waals surface area (Å²) in [6.07, 6.45) is 1.62. The molecule has 0 atom stereocenters.